The number of benzene rings is 1. The molecule has 1 fully saturated rings. The minimum absolute atomic E-state index is 0.0379. The molecular formula is C22H20BrN3O3S. The third-order valence-corrected chi connectivity index (χ3v) is 6.29. The molecule has 30 heavy (non-hydrogen) atoms. The summed E-state index contributed by atoms with van der Waals surface area (Å²) >= 11 is 4.90. The lowest BCUT2D eigenvalue weighted by Gasteiger charge is -2.34. The van der Waals surface area contributed by atoms with E-state index in [4.69, 9.17) is 4.74 Å². The molecule has 0 N–H and O–H groups in total. The molecular weight excluding hydrogens is 466 g/mol. The number of amides is 2. The van der Waals surface area contributed by atoms with Gasteiger partial charge >= 0.3 is 0 Å². The minimum Gasteiger partial charge on any atom is -0.439 e. The van der Waals surface area contributed by atoms with Crippen LogP contribution in [-0.2, 0) is 0 Å². The summed E-state index contributed by atoms with van der Waals surface area (Å²) in [5.74, 6) is 1.04. The maximum atomic E-state index is 12.8. The van der Waals surface area contributed by atoms with Crippen molar-refractivity contribution < 1.29 is 14.3 Å². The Morgan fingerprint density at radius 3 is 2.33 bits per heavy atom. The molecule has 0 bridgehead atoms. The monoisotopic (exact) mass is 485 g/mol. The number of hydrogen-bond acceptors (Lipinski definition) is 5. The van der Waals surface area contributed by atoms with E-state index in [0.717, 1.165) is 14.2 Å². The van der Waals surface area contributed by atoms with Gasteiger partial charge in [0.05, 0.1) is 10.4 Å². The molecule has 154 valence electrons. The number of carbonyl (C=O) groups excluding carboxylic acids is 2. The summed E-state index contributed by atoms with van der Waals surface area (Å²) in [6.45, 7) is 4.05. The third-order valence-electron chi connectivity index (χ3n) is 4.81. The molecule has 1 saturated heterocycles. The quantitative estimate of drug-likeness (QED) is 0.541. The van der Waals surface area contributed by atoms with Crippen LogP contribution in [0.2, 0.25) is 0 Å². The van der Waals surface area contributed by atoms with Gasteiger partial charge in [-0.3, -0.25) is 9.59 Å². The number of rotatable bonds is 4. The Kier molecular flexibility index (Phi) is 6.15. The lowest BCUT2D eigenvalue weighted by atomic mass is 10.2. The van der Waals surface area contributed by atoms with Crippen molar-refractivity contribution in [2.75, 3.05) is 26.2 Å². The van der Waals surface area contributed by atoms with E-state index in [1.807, 2.05) is 48.2 Å². The second-order valence-corrected chi connectivity index (χ2v) is 9.14. The molecule has 4 rings (SSSR count). The first-order chi connectivity index (χ1) is 14.5. The summed E-state index contributed by atoms with van der Waals surface area (Å²) in [6.07, 6.45) is 1.53. The van der Waals surface area contributed by atoms with E-state index in [0.29, 0.717) is 43.4 Å². The van der Waals surface area contributed by atoms with Crippen molar-refractivity contribution in [1.82, 2.24) is 14.8 Å². The second-order valence-electron chi connectivity index (χ2n) is 6.94. The number of thiophene rings is 1. The maximum absolute atomic E-state index is 12.8. The zero-order valence-electron chi connectivity index (χ0n) is 16.4. The highest BCUT2D eigenvalue weighted by Crippen LogP contribution is 2.23. The molecule has 0 radical (unpaired) electrons. The van der Waals surface area contributed by atoms with Gasteiger partial charge < -0.3 is 14.5 Å². The number of aromatic nitrogens is 1. The van der Waals surface area contributed by atoms with Gasteiger partial charge in [-0.2, -0.15) is 0 Å². The number of halogens is 1. The molecule has 1 aliphatic heterocycles. The van der Waals surface area contributed by atoms with Crippen LogP contribution in [0.1, 0.15) is 24.9 Å². The Morgan fingerprint density at radius 2 is 1.73 bits per heavy atom. The number of aryl methyl sites for hydroxylation is 1. The molecule has 8 heteroatoms. The third kappa shape index (κ3) is 4.71. The van der Waals surface area contributed by atoms with Gasteiger partial charge in [0.1, 0.15) is 5.75 Å². The van der Waals surface area contributed by atoms with Crippen LogP contribution in [-0.4, -0.2) is 52.8 Å². The summed E-state index contributed by atoms with van der Waals surface area (Å²) < 4.78 is 6.63. The van der Waals surface area contributed by atoms with Gasteiger partial charge in [-0.1, -0.05) is 22.0 Å². The Labute approximate surface area is 187 Å². The van der Waals surface area contributed by atoms with Gasteiger partial charge in [0.25, 0.3) is 11.8 Å². The number of ether oxygens (including phenoxy) is 1. The van der Waals surface area contributed by atoms with E-state index in [9.17, 15) is 9.59 Å². The number of carbonyl (C=O) groups is 2. The lowest BCUT2D eigenvalue weighted by molar-refractivity contribution is 0.0538. The van der Waals surface area contributed by atoms with E-state index in [1.54, 1.807) is 17.0 Å². The second kappa shape index (κ2) is 8.97. The molecule has 6 nitrogen and oxygen atoms in total. The first-order valence-electron chi connectivity index (χ1n) is 9.54. The fourth-order valence-electron chi connectivity index (χ4n) is 3.22. The van der Waals surface area contributed by atoms with Crippen LogP contribution in [0.3, 0.4) is 0 Å². The minimum atomic E-state index is -0.0874. The van der Waals surface area contributed by atoms with Gasteiger partial charge in [0.15, 0.2) is 0 Å². The molecule has 2 aromatic heterocycles. The van der Waals surface area contributed by atoms with Crippen LogP contribution < -0.4 is 4.74 Å². The van der Waals surface area contributed by atoms with Crippen LogP contribution in [0.4, 0.5) is 0 Å². The van der Waals surface area contributed by atoms with Crippen molar-refractivity contribution in [3.63, 3.8) is 0 Å². The van der Waals surface area contributed by atoms with Gasteiger partial charge in [-0.15, -0.1) is 11.3 Å². The van der Waals surface area contributed by atoms with Crippen LogP contribution in [0, 0.1) is 6.92 Å². The highest BCUT2D eigenvalue weighted by Gasteiger charge is 2.26. The highest BCUT2D eigenvalue weighted by atomic mass is 79.9. The molecule has 0 aliphatic carbocycles. The molecule has 2 amide bonds. The van der Waals surface area contributed by atoms with Crippen molar-refractivity contribution in [1.29, 1.82) is 0 Å². The standard InChI is InChI=1S/C22H20BrN3O3S/c1-15-5-7-19(30-15)22(28)26-11-9-25(10-12-26)21(27)16-6-8-20(24-14-16)29-18-4-2-3-17(23)13-18/h2-8,13-14H,9-12H2,1H3. The predicted octanol–water partition coefficient (Wildman–Crippen LogP) is 4.60. The summed E-state index contributed by atoms with van der Waals surface area (Å²) in [5, 5.41) is 0. The molecule has 1 aliphatic rings. The van der Waals surface area contributed by atoms with E-state index >= 15 is 0 Å². The number of pyridine rings is 1. The van der Waals surface area contributed by atoms with E-state index < -0.39 is 0 Å². The van der Waals surface area contributed by atoms with Crippen LogP contribution >= 0.6 is 27.3 Å². The van der Waals surface area contributed by atoms with E-state index in [-0.39, 0.29) is 11.8 Å². The zero-order valence-corrected chi connectivity index (χ0v) is 18.8. The Morgan fingerprint density at radius 1 is 1.00 bits per heavy atom. The first kappa shape index (κ1) is 20.6. The predicted molar refractivity (Wildman–Crippen MR) is 119 cm³/mol. The molecule has 0 unspecified atom stereocenters. The summed E-state index contributed by atoms with van der Waals surface area (Å²) in [4.78, 5) is 35.1. The smallest absolute Gasteiger partial charge is 0.264 e. The van der Waals surface area contributed by atoms with E-state index in [2.05, 4.69) is 20.9 Å². The largest absolute Gasteiger partial charge is 0.439 e. The fourth-order valence-corrected chi connectivity index (χ4v) is 4.43. The molecule has 1 aromatic carbocycles. The number of nitrogens with zero attached hydrogens (tertiary/aromatic N) is 3. The van der Waals surface area contributed by atoms with Crippen LogP contribution in [0.15, 0.2) is 59.2 Å². The summed E-state index contributed by atoms with van der Waals surface area (Å²) in [6, 6.07) is 14.7. The molecule has 0 spiro atoms. The maximum Gasteiger partial charge on any atom is 0.264 e. The van der Waals surface area contributed by atoms with Crippen molar-refractivity contribution in [2.24, 2.45) is 0 Å². The van der Waals surface area contributed by atoms with Gasteiger partial charge in [-0.05, 0) is 43.3 Å². The van der Waals surface area contributed by atoms with E-state index in [1.165, 1.54) is 17.5 Å². The van der Waals surface area contributed by atoms with Gasteiger partial charge in [-0.25, -0.2) is 4.98 Å². The molecule has 3 aromatic rings. The zero-order chi connectivity index (χ0) is 21.1. The SMILES string of the molecule is Cc1ccc(C(=O)N2CCN(C(=O)c3ccc(Oc4cccc(Br)c4)nc3)CC2)s1. The topological polar surface area (TPSA) is 62.7 Å². The number of piperazine rings is 1. The highest BCUT2D eigenvalue weighted by molar-refractivity contribution is 9.10. The normalized spacial score (nSPS) is 13.9. The summed E-state index contributed by atoms with van der Waals surface area (Å²) in [7, 11) is 0. The molecule has 0 atom stereocenters. The van der Waals surface area contributed by atoms with Crippen LogP contribution in [0.25, 0.3) is 0 Å². The lowest BCUT2D eigenvalue weighted by Crippen LogP contribution is -2.50. The Hall–Kier alpha value is -2.71. The average Bonchev–Trinajstić information content (AvgIpc) is 3.20. The average molecular weight is 486 g/mol. The Bertz CT molecular complexity index is 1060. The van der Waals surface area contributed by atoms with Gasteiger partial charge in [0, 0.05) is 47.8 Å². The van der Waals surface area contributed by atoms with Gasteiger partial charge in [0.2, 0.25) is 5.88 Å². The van der Waals surface area contributed by atoms with Crippen molar-refractivity contribution >= 4 is 39.1 Å². The first-order valence-corrected chi connectivity index (χ1v) is 11.1. The van der Waals surface area contributed by atoms with Crippen molar-refractivity contribution in [3.8, 4) is 11.6 Å². The van der Waals surface area contributed by atoms with Crippen LogP contribution in [0.5, 0.6) is 11.6 Å². The van der Waals surface area contributed by atoms with Crippen molar-refractivity contribution in [2.45, 2.75) is 6.92 Å². The molecule has 0 saturated carbocycles. The van der Waals surface area contributed by atoms with Crippen molar-refractivity contribution in [3.05, 3.63) is 74.5 Å². The fraction of sp³-hybridized carbons (Fsp3) is 0.227. The number of hydrogen-bond donors (Lipinski definition) is 0. The summed E-state index contributed by atoms with van der Waals surface area (Å²) in [5.41, 5.74) is 0.505. The molecule has 3 heterocycles. The Balaban J connectivity index is 1.34.